The van der Waals surface area contributed by atoms with Crippen LogP contribution in [-0.2, 0) is 23.2 Å². The van der Waals surface area contributed by atoms with E-state index >= 15 is 0 Å². The molecule has 0 unspecified atom stereocenters. The summed E-state index contributed by atoms with van der Waals surface area (Å²) in [7, 11) is 1.55. The highest BCUT2D eigenvalue weighted by molar-refractivity contribution is 5.72. The smallest absolute Gasteiger partial charge is 0.368 e. The summed E-state index contributed by atoms with van der Waals surface area (Å²) in [5.41, 5.74) is 2.10. The van der Waals surface area contributed by atoms with Gasteiger partial charge in [-0.2, -0.15) is 9.36 Å². The third-order valence-corrected chi connectivity index (χ3v) is 3.09. The lowest BCUT2D eigenvalue weighted by Crippen LogP contribution is -2.23. The van der Waals surface area contributed by atoms with E-state index in [0.29, 0.717) is 18.2 Å². The standard InChI is InChI=1S/C14H19N5O3/c1-5-21-11(3)15-22-9-12-10(2)7-6-8-13(12)19-14(20)18(4)16-17-19/h6-8H,5,9H2,1-4H3. The molecule has 0 radical (unpaired) electrons. The van der Waals surface area contributed by atoms with Crippen LogP contribution in [-0.4, -0.2) is 32.3 Å². The summed E-state index contributed by atoms with van der Waals surface area (Å²) in [6.45, 7) is 6.26. The van der Waals surface area contributed by atoms with Gasteiger partial charge in [0.25, 0.3) is 0 Å². The van der Waals surface area contributed by atoms with Crippen molar-refractivity contribution in [3.8, 4) is 5.69 Å². The van der Waals surface area contributed by atoms with Gasteiger partial charge in [0.05, 0.1) is 12.3 Å². The van der Waals surface area contributed by atoms with E-state index in [-0.39, 0.29) is 12.3 Å². The molecule has 2 rings (SSSR count). The van der Waals surface area contributed by atoms with Crippen molar-refractivity contribution in [3.05, 3.63) is 39.8 Å². The first kappa shape index (κ1) is 15.7. The largest absolute Gasteiger partial charge is 0.479 e. The van der Waals surface area contributed by atoms with Gasteiger partial charge in [-0.15, -0.1) is 0 Å². The number of rotatable bonds is 5. The van der Waals surface area contributed by atoms with Crippen molar-refractivity contribution < 1.29 is 9.57 Å². The second kappa shape index (κ2) is 6.88. The van der Waals surface area contributed by atoms with Crippen molar-refractivity contribution in [2.75, 3.05) is 6.61 Å². The summed E-state index contributed by atoms with van der Waals surface area (Å²) in [4.78, 5) is 17.3. The van der Waals surface area contributed by atoms with E-state index in [1.807, 2.05) is 26.0 Å². The SMILES string of the molecule is CCOC(C)=NOCc1c(C)cccc1-n1nnn(C)c1=O. The normalized spacial score (nSPS) is 11.5. The third-order valence-electron chi connectivity index (χ3n) is 3.09. The van der Waals surface area contributed by atoms with Crippen molar-refractivity contribution in [1.29, 1.82) is 0 Å². The molecule has 0 saturated carbocycles. The highest BCUT2D eigenvalue weighted by Crippen LogP contribution is 2.17. The Balaban J connectivity index is 2.30. The van der Waals surface area contributed by atoms with E-state index in [9.17, 15) is 4.79 Å². The first-order valence-electron chi connectivity index (χ1n) is 6.91. The number of ether oxygens (including phenoxy) is 1. The van der Waals surface area contributed by atoms with E-state index < -0.39 is 0 Å². The molecule has 0 N–H and O–H groups in total. The molecule has 0 aliphatic rings. The van der Waals surface area contributed by atoms with Gasteiger partial charge in [0, 0.05) is 19.5 Å². The molecule has 2 aromatic rings. The van der Waals surface area contributed by atoms with Crippen LogP contribution in [0.4, 0.5) is 0 Å². The molecule has 1 heterocycles. The topological polar surface area (TPSA) is 83.5 Å². The summed E-state index contributed by atoms with van der Waals surface area (Å²) in [6.07, 6.45) is 0. The van der Waals surface area contributed by atoms with Crippen molar-refractivity contribution in [2.45, 2.75) is 27.4 Å². The van der Waals surface area contributed by atoms with Gasteiger partial charge < -0.3 is 9.57 Å². The van der Waals surface area contributed by atoms with Gasteiger partial charge in [0.15, 0.2) is 0 Å². The Labute approximate surface area is 127 Å². The van der Waals surface area contributed by atoms with Gasteiger partial charge in [0.2, 0.25) is 5.90 Å². The van der Waals surface area contributed by atoms with Gasteiger partial charge >= 0.3 is 5.69 Å². The van der Waals surface area contributed by atoms with Crippen LogP contribution in [0.25, 0.3) is 5.69 Å². The van der Waals surface area contributed by atoms with Crippen LogP contribution < -0.4 is 5.69 Å². The number of tetrazole rings is 1. The van der Waals surface area contributed by atoms with Crippen molar-refractivity contribution >= 4 is 5.90 Å². The quantitative estimate of drug-likeness (QED) is 0.470. The fraction of sp³-hybridized carbons (Fsp3) is 0.429. The first-order chi connectivity index (χ1) is 10.5. The molecule has 1 aromatic carbocycles. The first-order valence-corrected chi connectivity index (χ1v) is 6.91. The molecule has 22 heavy (non-hydrogen) atoms. The maximum Gasteiger partial charge on any atom is 0.368 e. The lowest BCUT2D eigenvalue weighted by molar-refractivity contribution is 0.119. The molecule has 118 valence electrons. The molecule has 0 aliphatic carbocycles. The molecular weight excluding hydrogens is 286 g/mol. The number of hydrogen-bond donors (Lipinski definition) is 0. The molecule has 8 heteroatoms. The summed E-state index contributed by atoms with van der Waals surface area (Å²) < 4.78 is 7.60. The third kappa shape index (κ3) is 3.33. The summed E-state index contributed by atoms with van der Waals surface area (Å²) in [5.74, 6) is 0.453. The predicted octanol–water partition coefficient (Wildman–Crippen LogP) is 1.16. The summed E-state index contributed by atoms with van der Waals surface area (Å²) >= 11 is 0. The number of aromatic nitrogens is 4. The number of hydrogen-bond acceptors (Lipinski definition) is 6. The van der Waals surface area contributed by atoms with Gasteiger partial charge in [-0.05, 0) is 35.9 Å². The lowest BCUT2D eigenvalue weighted by atomic mass is 10.1. The molecule has 0 aliphatic heterocycles. The minimum absolute atomic E-state index is 0.204. The van der Waals surface area contributed by atoms with Crippen LogP contribution in [0.15, 0.2) is 28.1 Å². The van der Waals surface area contributed by atoms with Gasteiger partial charge in [-0.3, -0.25) is 0 Å². The van der Waals surface area contributed by atoms with E-state index in [0.717, 1.165) is 11.1 Å². The Morgan fingerprint density at radius 3 is 2.77 bits per heavy atom. The fourth-order valence-corrected chi connectivity index (χ4v) is 1.96. The fourth-order valence-electron chi connectivity index (χ4n) is 1.96. The zero-order valence-corrected chi connectivity index (χ0v) is 13.1. The second-order valence-electron chi connectivity index (χ2n) is 4.69. The zero-order valence-electron chi connectivity index (χ0n) is 13.1. The number of oxime groups is 1. The van der Waals surface area contributed by atoms with Crippen LogP contribution in [0, 0.1) is 6.92 Å². The van der Waals surface area contributed by atoms with Crippen LogP contribution in [0.5, 0.6) is 0 Å². The predicted molar refractivity (Wildman–Crippen MR) is 80.9 cm³/mol. The Morgan fingerprint density at radius 2 is 2.14 bits per heavy atom. The average molecular weight is 305 g/mol. The highest BCUT2D eigenvalue weighted by atomic mass is 16.6. The molecule has 0 spiro atoms. The maximum absolute atomic E-state index is 12.0. The van der Waals surface area contributed by atoms with Gasteiger partial charge in [-0.25, -0.2) is 4.79 Å². The Morgan fingerprint density at radius 1 is 1.36 bits per heavy atom. The number of nitrogens with zero attached hydrogens (tertiary/aromatic N) is 5. The minimum atomic E-state index is -0.319. The molecular formula is C14H19N5O3. The van der Waals surface area contributed by atoms with Crippen LogP contribution in [0.2, 0.25) is 0 Å². The van der Waals surface area contributed by atoms with Crippen molar-refractivity contribution in [2.24, 2.45) is 12.2 Å². The maximum atomic E-state index is 12.0. The molecule has 0 atom stereocenters. The molecule has 1 aromatic heterocycles. The molecule has 8 nitrogen and oxygen atoms in total. The van der Waals surface area contributed by atoms with E-state index in [2.05, 4.69) is 15.6 Å². The monoisotopic (exact) mass is 305 g/mol. The molecule has 0 fully saturated rings. The lowest BCUT2D eigenvalue weighted by Gasteiger charge is -2.10. The van der Waals surface area contributed by atoms with Gasteiger partial charge in [0.1, 0.15) is 6.61 Å². The van der Waals surface area contributed by atoms with E-state index in [1.54, 1.807) is 20.0 Å². The van der Waals surface area contributed by atoms with Crippen LogP contribution in [0.3, 0.4) is 0 Å². The molecule has 0 amide bonds. The van der Waals surface area contributed by atoms with Crippen LogP contribution >= 0.6 is 0 Å². The Kier molecular flexibility index (Phi) is 4.92. The molecule has 0 bridgehead atoms. The summed E-state index contributed by atoms with van der Waals surface area (Å²) in [6, 6.07) is 5.58. The Bertz CT molecular complexity index is 732. The van der Waals surface area contributed by atoms with Crippen molar-refractivity contribution in [1.82, 2.24) is 19.8 Å². The zero-order chi connectivity index (χ0) is 16.1. The van der Waals surface area contributed by atoms with Gasteiger partial charge in [-0.1, -0.05) is 17.3 Å². The number of benzene rings is 1. The second-order valence-corrected chi connectivity index (χ2v) is 4.69. The van der Waals surface area contributed by atoms with E-state index in [4.69, 9.17) is 9.57 Å². The Hall–Kier alpha value is -2.64. The highest BCUT2D eigenvalue weighted by Gasteiger charge is 2.13. The van der Waals surface area contributed by atoms with E-state index in [1.165, 1.54) is 9.36 Å². The summed E-state index contributed by atoms with van der Waals surface area (Å²) in [5, 5.41) is 11.5. The van der Waals surface area contributed by atoms with Crippen LogP contribution in [0.1, 0.15) is 25.0 Å². The average Bonchev–Trinajstić information content (AvgIpc) is 2.81. The minimum Gasteiger partial charge on any atom is -0.479 e. The number of aryl methyl sites for hydroxylation is 2. The molecule has 0 saturated heterocycles. The van der Waals surface area contributed by atoms with Crippen molar-refractivity contribution in [3.63, 3.8) is 0 Å².